The number of carbonyl (C=O) groups is 1. The van der Waals surface area contributed by atoms with Crippen molar-refractivity contribution in [2.45, 2.75) is 13.0 Å². The van der Waals surface area contributed by atoms with Gasteiger partial charge >= 0.3 is 0 Å². The summed E-state index contributed by atoms with van der Waals surface area (Å²) in [4.78, 5) is 27.1. The van der Waals surface area contributed by atoms with Gasteiger partial charge in [-0.25, -0.2) is 10.1 Å². The predicted molar refractivity (Wildman–Crippen MR) is 84.3 cm³/mol. The van der Waals surface area contributed by atoms with Crippen molar-refractivity contribution in [3.8, 4) is 5.69 Å². The van der Waals surface area contributed by atoms with Crippen molar-refractivity contribution in [3.05, 3.63) is 76.7 Å². The lowest BCUT2D eigenvalue weighted by Crippen LogP contribution is -2.28. The summed E-state index contributed by atoms with van der Waals surface area (Å²) in [5, 5.41) is 8.80. The molecule has 116 valence electrons. The number of imidazole rings is 1. The number of hydrogen-bond acceptors (Lipinski definition) is 4. The molecule has 0 saturated heterocycles. The van der Waals surface area contributed by atoms with Crippen molar-refractivity contribution in [2.24, 2.45) is 0 Å². The van der Waals surface area contributed by atoms with Crippen molar-refractivity contribution >= 4 is 5.91 Å². The first-order valence-corrected chi connectivity index (χ1v) is 7.08. The number of benzene rings is 1. The quantitative estimate of drug-likeness (QED) is 0.763. The Labute approximate surface area is 132 Å². The zero-order valence-corrected chi connectivity index (χ0v) is 12.4. The van der Waals surface area contributed by atoms with E-state index in [0.29, 0.717) is 0 Å². The third-order valence-electron chi connectivity index (χ3n) is 3.45. The van der Waals surface area contributed by atoms with Crippen LogP contribution in [0.4, 0.5) is 0 Å². The molecule has 1 unspecified atom stereocenters. The molecule has 1 atom stereocenters. The summed E-state index contributed by atoms with van der Waals surface area (Å²) >= 11 is 0. The Morgan fingerprint density at radius 3 is 2.61 bits per heavy atom. The Kier molecular flexibility index (Phi) is 4.01. The van der Waals surface area contributed by atoms with Gasteiger partial charge in [0.1, 0.15) is 5.69 Å². The van der Waals surface area contributed by atoms with Gasteiger partial charge in [0, 0.05) is 24.1 Å². The average Bonchev–Trinajstić information content (AvgIpc) is 3.10. The normalized spacial score (nSPS) is 11.9. The number of hydrogen-bond donors (Lipinski definition) is 2. The molecular weight excluding hydrogens is 294 g/mol. The SMILES string of the molecule is CC(NC(=O)c1ccc(=O)[nH]n1)c1ccc(-n2ccnc2)cc1. The highest BCUT2D eigenvalue weighted by atomic mass is 16.2. The van der Waals surface area contributed by atoms with Gasteiger partial charge in [-0.15, -0.1) is 0 Å². The molecule has 7 heteroatoms. The summed E-state index contributed by atoms with van der Waals surface area (Å²) in [6.45, 7) is 1.88. The summed E-state index contributed by atoms with van der Waals surface area (Å²) in [6.07, 6.45) is 5.30. The van der Waals surface area contributed by atoms with Crippen LogP contribution in [0.1, 0.15) is 29.0 Å². The highest BCUT2D eigenvalue weighted by molar-refractivity contribution is 5.92. The lowest BCUT2D eigenvalue weighted by molar-refractivity contribution is 0.0933. The van der Waals surface area contributed by atoms with E-state index in [1.165, 1.54) is 12.1 Å². The molecule has 2 heterocycles. The van der Waals surface area contributed by atoms with Crippen LogP contribution < -0.4 is 10.9 Å². The van der Waals surface area contributed by atoms with Crippen LogP contribution in [0.25, 0.3) is 5.69 Å². The van der Waals surface area contributed by atoms with Crippen LogP contribution >= 0.6 is 0 Å². The molecule has 0 radical (unpaired) electrons. The van der Waals surface area contributed by atoms with Gasteiger partial charge in [-0.2, -0.15) is 5.10 Å². The van der Waals surface area contributed by atoms with E-state index in [1.54, 1.807) is 12.5 Å². The molecule has 7 nitrogen and oxygen atoms in total. The highest BCUT2D eigenvalue weighted by Crippen LogP contribution is 2.16. The summed E-state index contributed by atoms with van der Waals surface area (Å²) < 4.78 is 1.90. The number of carbonyl (C=O) groups excluding carboxylic acids is 1. The molecule has 0 fully saturated rings. The predicted octanol–water partition coefficient (Wildman–Crippen LogP) is 1.45. The Morgan fingerprint density at radius 1 is 1.22 bits per heavy atom. The first-order chi connectivity index (χ1) is 11.1. The topological polar surface area (TPSA) is 92.7 Å². The molecule has 3 aromatic rings. The van der Waals surface area contributed by atoms with Gasteiger partial charge < -0.3 is 9.88 Å². The molecule has 2 aromatic heterocycles. The van der Waals surface area contributed by atoms with Crippen LogP contribution in [0, 0.1) is 0 Å². The number of nitrogens with one attached hydrogen (secondary N) is 2. The number of aromatic amines is 1. The Hall–Kier alpha value is -3.22. The van der Waals surface area contributed by atoms with Crippen LogP contribution in [0.2, 0.25) is 0 Å². The monoisotopic (exact) mass is 309 g/mol. The summed E-state index contributed by atoms with van der Waals surface area (Å²) in [5.74, 6) is -0.340. The maximum Gasteiger partial charge on any atom is 0.272 e. The van der Waals surface area contributed by atoms with Crippen molar-refractivity contribution < 1.29 is 4.79 Å². The second kappa shape index (κ2) is 6.27. The summed E-state index contributed by atoms with van der Waals surface area (Å²) in [5.41, 5.74) is 1.79. The van der Waals surface area contributed by atoms with Crippen molar-refractivity contribution in [2.75, 3.05) is 0 Å². The zero-order chi connectivity index (χ0) is 16.2. The third-order valence-corrected chi connectivity index (χ3v) is 3.45. The molecular formula is C16H15N5O2. The highest BCUT2D eigenvalue weighted by Gasteiger charge is 2.12. The molecule has 0 aliphatic carbocycles. The fourth-order valence-electron chi connectivity index (χ4n) is 2.17. The second-order valence-electron chi connectivity index (χ2n) is 5.06. The molecule has 0 bridgehead atoms. The van der Waals surface area contributed by atoms with Gasteiger partial charge in [0.25, 0.3) is 11.5 Å². The first-order valence-electron chi connectivity index (χ1n) is 7.08. The molecule has 0 aliphatic heterocycles. The minimum Gasteiger partial charge on any atom is -0.344 e. The average molecular weight is 309 g/mol. The molecule has 0 aliphatic rings. The number of nitrogens with zero attached hydrogens (tertiary/aromatic N) is 3. The lowest BCUT2D eigenvalue weighted by Gasteiger charge is -2.14. The van der Waals surface area contributed by atoms with Gasteiger partial charge in [-0.1, -0.05) is 12.1 Å². The number of rotatable bonds is 4. The van der Waals surface area contributed by atoms with E-state index in [9.17, 15) is 9.59 Å². The van der Waals surface area contributed by atoms with Crippen LogP contribution in [0.5, 0.6) is 0 Å². The van der Waals surface area contributed by atoms with E-state index in [4.69, 9.17) is 0 Å². The van der Waals surface area contributed by atoms with E-state index in [2.05, 4.69) is 20.5 Å². The molecule has 23 heavy (non-hydrogen) atoms. The number of amides is 1. The van der Waals surface area contributed by atoms with Crippen molar-refractivity contribution in [3.63, 3.8) is 0 Å². The Bertz CT molecular complexity index is 832. The molecule has 1 amide bonds. The summed E-state index contributed by atoms with van der Waals surface area (Å²) in [7, 11) is 0. The van der Waals surface area contributed by atoms with E-state index in [0.717, 1.165) is 11.3 Å². The van der Waals surface area contributed by atoms with E-state index in [1.807, 2.05) is 42.0 Å². The smallest absolute Gasteiger partial charge is 0.272 e. The Morgan fingerprint density at radius 2 is 2.00 bits per heavy atom. The van der Waals surface area contributed by atoms with Crippen LogP contribution in [-0.4, -0.2) is 25.7 Å². The fraction of sp³-hybridized carbons (Fsp3) is 0.125. The van der Waals surface area contributed by atoms with Gasteiger partial charge in [-0.05, 0) is 30.7 Å². The molecule has 3 rings (SSSR count). The first kappa shape index (κ1) is 14.7. The number of aromatic nitrogens is 4. The minimum absolute atomic E-state index is 0.173. The molecule has 0 saturated carbocycles. The molecule has 0 spiro atoms. The fourth-order valence-corrected chi connectivity index (χ4v) is 2.17. The van der Waals surface area contributed by atoms with Crippen molar-refractivity contribution in [1.82, 2.24) is 25.1 Å². The minimum atomic E-state index is -0.343. The lowest BCUT2D eigenvalue weighted by atomic mass is 10.1. The van der Waals surface area contributed by atoms with Gasteiger partial charge in [0.05, 0.1) is 12.4 Å². The number of H-pyrrole nitrogens is 1. The maximum absolute atomic E-state index is 12.1. The third kappa shape index (κ3) is 3.34. The van der Waals surface area contributed by atoms with E-state index in [-0.39, 0.29) is 23.2 Å². The maximum atomic E-state index is 12.1. The van der Waals surface area contributed by atoms with Crippen LogP contribution in [-0.2, 0) is 0 Å². The Balaban J connectivity index is 1.70. The molecule has 2 N–H and O–H groups in total. The van der Waals surface area contributed by atoms with Crippen LogP contribution in [0.3, 0.4) is 0 Å². The zero-order valence-electron chi connectivity index (χ0n) is 12.4. The molecule has 1 aromatic carbocycles. The van der Waals surface area contributed by atoms with E-state index < -0.39 is 0 Å². The van der Waals surface area contributed by atoms with Crippen molar-refractivity contribution in [1.29, 1.82) is 0 Å². The largest absolute Gasteiger partial charge is 0.344 e. The summed E-state index contributed by atoms with van der Waals surface area (Å²) in [6, 6.07) is 10.3. The standard InChI is InChI=1S/C16H15N5O2/c1-11(18-16(23)14-6-7-15(22)20-19-14)12-2-4-13(5-3-12)21-9-8-17-10-21/h2-11H,1H3,(H,18,23)(H,20,22). The van der Waals surface area contributed by atoms with Crippen LogP contribution in [0.15, 0.2) is 59.9 Å². The van der Waals surface area contributed by atoms with Gasteiger partial charge in [0.2, 0.25) is 0 Å². The second-order valence-corrected chi connectivity index (χ2v) is 5.06. The van der Waals surface area contributed by atoms with E-state index >= 15 is 0 Å². The van der Waals surface area contributed by atoms with Gasteiger partial charge in [0.15, 0.2) is 0 Å². The van der Waals surface area contributed by atoms with Gasteiger partial charge in [-0.3, -0.25) is 9.59 Å².